The van der Waals surface area contributed by atoms with E-state index in [4.69, 9.17) is 5.73 Å². The maximum absolute atomic E-state index is 12.3. The zero-order valence-electron chi connectivity index (χ0n) is 8.37. The Kier molecular flexibility index (Phi) is 2.86. The van der Waals surface area contributed by atoms with Gasteiger partial charge in [0.15, 0.2) is 5.82 Å². The molecule has 3 nitrogen and oxygen atoms in total. The number of nitrogens with two attached hydrogens (primary N) is 1. The average Bonchev–Trinajstić information content (AvgIpc) is 2.58. The number of benzene rings is 1. The van der Waals surface area contributed by atoms with Crippen LogP contribution in [0.15, 0.2) is 34.9 Å². The minimum absolute atomic E-state index is 0.282. The molecule has 2 N–H and O–H groups in total. The highest BCUT2D eigenvalue weighted by Crippen LogP contribution is 2.29. The van der Waals surface area contributed by atoms with E-state index in [0.29, 0.717) is 10.2 Å². The summed E-state index contributed by atoms with van der Waals surface area (Å²) in [7, 11) is 0. The Morgan fingerprint density at radius 2 is 1.76 bits per heavy atom. The number of nitrogen functional groups attached to an aromatic ring is 1. The average molecular weight is 306 g/mol. The van der Waals surface area contributed by atoms with Crippen molar-refractivity contribution in [3.05, 3.63) is 40.5 Å². The molecule has 0 bridgehead atoms. The third kappa shape index (κ3) is 2.44. The van der Waals surface area contributed by atoms with Crippen LogP contribution in [-0.2, 0) is 6.18 Å². The second-order valence-electron chi connectivity index (χ2n) is 3.35. The van der Waals surface area contributed by atoms with Crippen molar-refractivity contribution >= 4 is 21.7 Å². The Labute approximate surface area is 103 Å². The van der Waals surface area contributed by atoms with Gasteiger partial charge in [-0.15, -0.1) is 5.10 Å². The van der Waals surface area contributed by atoms with E-state index in [9.17, 15) is 13.2 Å². The summed E-state index contributed by atoms with van der Waals surface area (Å²) in [5, 5.41) is 3.94. The molecular formula is C10H7BrF3N3. The first-order valence-electron chi connectivity index (χ1n) is 4.56. The maximum atomic E-state index is 12.3. The van der Waals surface area contributed by atoms with Crippen LogP contribution in [0.1, 0.15) is 5.56 Å². The molecule has 0 atom stereocenters. The molecule has 0 spiro atoms. The highest BCUT2D eigenvalue weighted by molar-refractivity contribution is 9.10. The molecule has 90 valence electrons. The molecule has 0 unspecified atom stereocenters. The minimum atomic E-state index is -4.33. The monoisotopic (exact) mass is 305 g/mol. The lowest BCUT2D eigenvalue weighted by atomic mass is 10.2. The Balaban J connectivity index is 2.36. The summed E-state index contributed by atoms with van der Waals surface area (Å²) in [6.07, 6.45) is -2.75. The zero-order valence-corrected chi connectivity index (χ0v) is 9.96. The molecule has 1 aromatic heterocycles. The molecule has 7 heteroatoms. The SMILES string of the molecule is Nc1nn(-c2ccc(C(F)(F)F)cc2)cc1Br. The summed E-state index contributed by atoms with van der Waals surface area (Å²) in [5.74, 6) is 0.282. The number of alkyl halides is 3. The number of rotatable bonds is 1. The van der Waals surface area contributed by atoms with Crippen molar-refractivity contribution in [2.45, 2.75) is 6.18 Å². The first kappa shape index (κ1) is 12.0. The van der Waals surface area contributed by atoms with Crippen molar-refractivity contribution in [3.63, 3.8) is 0 Å². The molecule has 0 aliphatic heterocycles. The van der Waals surface area contributed by atoms with Crippen molar-refractivity contribution in [1.29, 1.82) is 0 Å². The zero-order chi connectivity index (χ0) is 12.6. The summed E-state index contributed by atoms with van der Waals surface area (Å²) in [6, 6.07) is 4.67. The topological polar surface area (TPSA) is 43.8 Å². The largest absolute Gasteiger partial charge is 0.416 e. The number of halogens is 4. The van der Waals surface area contributed by atoms with Gasteiger partial charge in [-0.25, -0.2) is 4.68 Å². The van der Waals surface area contributed by atoms with Crippen LogP contribution in [0.2, 0.25) is 0 Å². The molecule has 0 fully saturated rings. The number of hydrogen-bond donors (Lipinski definition) is 1. The second-order valence-corrected chi connectivity index (χ2v) is 4.21. The summed E-state index contributed by atoms with van der Waals surface area (Å²) >= 11 is 3.17. The third-order valence-electron chi connectivity index (χ3n) is 2.15. The molecule has 0 aliphatic carbocycles. The van der Waals surface area contributed by atoms with Crippen LogP contribution in [0.4, 0.5) is 19.0 Å². The quantitative estimate of drug-likeness (QED) is 0.879. The van der Waals surface area contributed by atoms with Crippen molar-refractivity contribution in [2.24, 2.45) is 0 Å². The smallest absolute Gasteiger partial charge is 0.381 e. The fraction of sp³-hybridized carbons (Fsp3) is 0.100. The number of nitrogens with zero attached hydrogens (tertiary/aromatic N) is 2. The Bertz CT molecular complexity index is 511. The standard InChI is InChI=1S/C10H7BrF3N3/c11-8-5-17(16-9(8)15)7-3-1-6(2-4-7)10(12,13)14/h1-5H,(H2,15,16). The van der Waals surface area contributed by atoms with Crippen LogP contribution in [0.5, 0.6) is 0 Å². The lowest BCUT2D eigenvalue weighted by molar-refractivity contribution is -0.137. The number of aromatic nitrogens is 2. The second kappa shape index (κ2) is 4.06. The van der Waals surface area contributed by atoms with Gasteiger partial charge in [-0.3, -0.25) is 0 Å². The Morgan fingerprint density at radius 3 is 2.18 bits per heavy atom. The molecule has 0 radical (unpaired) electrons. The van der Waals surface area contributed by atoms with Gasteiger partial charge in [0.1, 0.15) is 0 Å². The van der Waals surface area contributed by atoms with Crippen LogP contribution in [0.3, 0.4) is 0 Å². The summed E-state index contributed by atoms with van der Waals surface area (Å²) in [4.78, 5) is 0. The summed E-state index contributed by atoms with van der Waals surface area (Å²) in [6.45, 7) is 0. The Morgan fingerprint density at radius 1 is 1.18 bits per heavy atom. The van der Waals surface area contributed by atoms with E-state index in [0.717, 1.165) is 12.1 Å². The van der Waals surface area contributed by atoms with E-state index in [2.05, 4.69) is 21.0 Å². The predicted molar refractivity (Wildman–Crippen MR) is 60.7 cm³/mol. The molecule has 2 aromatic rings. The van der Waals surface area contributed by atoms with Crippen molar-refractivity contribution in [2.75, 3.05) is 5.73 Å². The van der Waals surface area contributed by atoms with Gasteiger partial charge in [-0.05, 0) is 40.2 Å². The molecule has 0 aliphatic rings. The molecule has 1 heterocycles. The van der Waals surface area contributed by atoms with Crippen LogP contribution in [0, 0.1) is 0 Å². The van der Waals surface area contributed by atoms with Gasteiger partial charge in [0.2, 0.25) is 0 Å². The first-order valence-corrected chi connectivity index (χ1v) is 5.35. The van der Waals surface area contributed by atoms with Gasteiger partial charge in [-0.1, -0.05) is 0 Å². The highest BCUT2D eigenvalue weighted by atomic mass is 79.9. The van der Waals surface area contributed by atoms with Gasteiger partial charge in [0, 0.05) is 6.20 Å². The van der Waals surface area contributed by atoms with Crippen LogP contribution in [0.25, 0.3) is 5.69 Å². The lowest BCUT2D eigenvalue weighted by Gasteiger charge is -2.07. The van der Waals surface area contributed by atoms with Crippen molar-refractivity contribution < 1.29 is 13.2 Å². The van der Waals surface area contributed by atoms with E-state index in [1.165, 1.54) is 16.8 Å². The molecule has 2 rings (SSSR count). The van der Waals surface area contributed by atoms with Gasteiger partial charge in [-0.2, -0.15) is 13.2 Å². The third-order valence-corrected chi connectivity index (χ3v) is 2.77. The maximum Gasteiger partial charge on any atom is 0.416 e. The van der Waals surface area contributed by atoms with E-state index in [1.807, 2.05) is 0 Å². The first-order chi connectivity index (χ1) is 7.88. The van der Waals surface area contributed by atoms with E-state index >= 15 is 0 Å². The number of hydrogen-bond acceptors (Lipinski definition) is 2. The fourth-order valence-electron chi connectivity index (χ4n) is 1.30. The normalized spacial score (nSPS) is 11.8. The molecule has 0 saturated carbocycles. The van der Waals surface area contributed by atoms with Gasteiger partial charge >= 0.3 is 6.18 Å². The molecule has 0 saturated heterocycles. The van der Waals surface area contributed by atoms with Gasteiger partial charge in [0.25, 0.3) is 0 Å². The van der Waals surface area contributed by atoms with Crippen molar-refractivity contribution in [1.82, 2.24) is 9.78 Å². The predicted octanol–water partition coefficient (Wildman–Crippen LogP) is 3.24. The van der Waals surface area contributed by atoms with E-state index in [1.54, 1.807) is 6.20 Å². The molecule has 1 aromatic carbocycles. The summed E-state index contributed by atoms with van der Waals surface area (Å²) < 4.78 is 39.0. The summed E-state index contributed by atoms with van der Waals surface area (Å²) in [5.41, 5.74) is 5.33. The minimum Gasteiger partial charge on any atom is -0.381 e. The highest BCUT2D eigenvalue weighted by Gasteiger charge is 2.30. The van der Waals surface area contributed by atoms with Crippen LogP contribution in [-0.4, -0.2) is 9.78 Å². The Hall–Kier alpha value is -1.50. The van der Waals surface area contributed by atoms with Crippen molar-refractivity contribution in [3.8, 4) is 5.69 Å². The fourth-order valence-corrected chi connectivity index (χ4v) is 1.57. The van der Waals surface area contributed by atoms with Gasteiger partial charge < -0.3 is 5.73 Å². The van der Waals surface area contributed by atoms with E-state index in [-0.39, 0.29) is 5.82 Å². The molecule has 17 heavy (non-hydrogen) atoms. The van der Waals surface area contributed by atoms with Gasteiger partial charge in [0.05, 0.1) is 15.7 Å². The van der Waals surface area contributed by atoms with E-state index < -0.39 is 11.7 Å². The molecule has 0 amide bonds. The lowest BCUT2D eigenvalue weighted by Crippen LogP contribution is -2.05. The van der Waals surface area contributed by atoms with Crippen LogP contribution < -0.4 is 5.73 Å². The number of anilines is 1. The van der Waals surface area contributed by atoms with Crippen LogP contribution >= 0.6 is 15.9 Å². The molecular weight excluding hydrogens is 299 g/mol.